The van der Waals surface area contributed by atoms with Crippen molar-refractivity contribution >= 4 is 5.82 Å². The molecule has 114 valence electrons. The molecule has 0 radical (unpaired) electrons. The van der Waals surface area contributed by atoms with Crippen LogP contribution in [0.5, 0.6) is 0 Å². The molecule has 3 heteroatoms. The summed E-state index contributed by atoms with van der Waals surface area (Å²) in [6.07, 6.45) is 2.44. The van der Waals surface area contributed by atoms with Crippen LogP contribution in [0.1, 0.15) is 64.6 Å². The van der Waals surface area contributed by atoms with Crippen LogP contribution in [0, 0.1) is 5.92 Å². The van der Waals surface area contributed by atoms with E-state index in [4.69, 9.17) is 4.98 Å². The van der Waals surface area contributed by atoms with Gasteiger partial charge in [0, 0.05) is 18.8 Å². The molecule has 0 aliphatic rings. The average molecular weight is 277 g/mol. The number of rotatable bonds is 9. The van der Waals surface area contributed by atoms with Crippen molar-refractivity contribution in [3.63, 3.8) is 0 Å². The van der Waals surface area contributed by atoms with E-state index < -0.39 is 0 Å². The maximum atomic E-state index is 4.74. The van der Waals surface area contributed by atoms with Crippen LogP contribution >= 0.6 is 0 Å². The lowest BCUT2D eigenvalue weighted by atomic mass is 10.0. The Labute approximate surface area is 124 Å². The summed E-state index contributed by atoms with van der Waals surface area (Å²) in [5, 5.41) is 6.91. The molecule has 0 atom stereocenters. The van der Waals surface area contributed by atoms with Gasteiger partial charge >= 0.3 is 0 Å². The highest BCUT2D eigenvalue weighted by molar-refractivity contribution is 5.40. The minimum absolute atomic E-state index is 0.463. The zero-order valence-electron chi connectivity index (χ0n) is 13.8. The third kappa shape index (κ3) is 5.49. The SMILES string of the molecule is CCNCc1cc(NCC(CC)CC)nc(C(C)C)c1. The molecule has 0 aromatic carbocycles. The Kier molecular flexibility index (Phi) is 7.60. The van der Waals surface area contributed by atoms with Gasteiger partial charge in [-0.25, -0.2) is 4.98 Å². The first-order valence-corrected chi connectivity index (χ1v) is 8.06. The van der Waals surface area contributed by atoms with Gasteiger partial charge in [0.2, 0.25) is 0 Å². The van der Waals surface area contributed by atoms with Crippen LogP contribution < -0.4 is 10.6 Å². The van der Waals surface area contributed by atoms with Crippen molar-refractivity contribution < 1.29 is 0 Å². The molecule has 0 aliphatic heterocycles. The predicted octanol–water partition coefficient (Wildman–Crippen LogP) is 4.16. The normalized spacial score (nSPS) is 11.3. The number of nitrogens with zero attached hydrogens (tertiary/aromatic N) is 1. The van der Waals surface area contributed by atoms with Crippen LogP contribution in [0.3, 0.4) is 0 Å². The number of nitrogens with one attached hydrogen (secondary N) is 2. The zero-order valence-corrected chi connectivity index (χ0v) is 13.8. The van der Waals surface area contributed by atoms with E-state index in [2.05, 4.69) is 57.4 Å². The second-order valence-electron chi connectivity index (χ2n) is 5.78. The largest absolute Gasteiger partial charge is 0.370 e. The van der Waals surface area contributed by atoms with Gasteiger partial charge in [-0.2, -0.15) is 0 Å². The third-order valence-corrected chi connectivity index (χ3v) is 3.80. The molecule has 1 heterocycles. The molecule has 20 heavy (non-hydrogen) atoms. The van der Waals surface area contributed by atoms with E-state index in [1.54, 1.807) is 0 Å². The molecule has 0 amide bonds. The molecule has 0 saturated carbocycles. The predicted molar refractivity (Wildman–Crippen MR) is 88.3 cm³/mol. The summed E-state index contributed by atoms with van der Waals surface area (Å²) in [5.41, 5.74) is 2.49. The lowest BCUT2D eigenvalue weighted by Crippen LogP contribution is -2.16. The Hall–Kier alpha value is -1.09. The first-order valence-electron chi connectivity index (χ1n) is 8.06. The van der Waals surface area contributed by atoms with E-state index in [0.29, 0.717) is 5.92 Å². The Morgan fingerprint density at radius 3 is 2.35 bits per heavy atom. The highest BCUT2D eigenvalue weighted by atomic mass is 15.0. The van der Waals surface area contributed by atoms with Crippen LogP contribution in [-0.2, 0) is 6.54 Å². The molecule has 2 N–H and O–H groups in total. The molecule has 3 nitrogen and oxygen atoms in total. The highest BCUT2D eigenvalue weighted by Gasteiger charge is 2.08. The molecular weight excluding hydrogens is 246 g/mol. The number of hydrogen-bond acceptors (Lipinski definition) is 3. The van der Waals surface area contributed by atoms with Crippen LogP contribution in [0.4, 0.5) is 5.82 Å². The summed E-state index contributed by atoms with van der Waals surface area (Å²) >= 11 is 0. The van der Waals surface area contributed by atoms with Gasteiger partial charge in [-0.05, 0) is 36.1 Å². The fraction of sp³-hybridized carbons (Fsp3) is 0.706. The van der Waals surface area contributed by atoms with Crippen molar-refractivity contribution in [1.29, 1.82) is 0 Å². The molecule has 0 spiro atoms. The fourth-order valence-electron chi connectivity index (χ4n) is 2.19. The zero-order chi connectivity index (χ0) is 15.0. The Morgan fingerprint density at radius 2 is 1.80 bits per heavy atom. The molecule has 0 unspecified atom stereocenters. The van der Waals surface area contributed by atoms with Gasteiger partial charge in [0.1, 0.15) is 5.82 Å². The number of hydrogen-bond donors (Lipinski definition) is 2. The van der Waals surface area contributed by atoms with E-state index in [1.807, 2.05) is 0 Å². The maximum Gasteiger partial charge on any atom is 0.126 e. The van der Waals surface area contributed by atoms with Crippen molar-refractivity contribution in [1.82, 2.24) is 10.3 Å². The van der Waals surface area contributed by atoms with E-state index in [-0.39, 0.29) is 0 Å². The minimum atomic E-state index is 0.463. The second kappa shape index (κ2) is 8.96. The van der Waals surface area contributed by atoms with Crippen molar-refractivity contribution in [2.75, 3.05) is 18.4 Å². The second-order valence-corrected chi connectivity index (χ2v) is 5.78. The maximum absolute atomic E-state index is 4.74. The lowest BCUT2D eigenvalue weighted by Gasteiger charge is -2.16. The van der Waals surface area contributed by atoms with E-state index >= 15 is 0 Å². The van der Waals surface area contributed by atoms with Crippen molar-refractivity contribution in [3.05, 3.63) is 23.4 Å². The molecule has 1 aromatic heterocycles. The van der Waals surface area contributed by atoms with Crippen molar-refractivity contribution in [2.45, 2.75) is 59.9 Å². The summed E-state index contributed by atoms with van der Waals surface area (Å²) in [7, 11) is 0. The summed E-state index contributed by atoms with van der Waals surface area (Å²) in [4.78, 5) is 4.74. The monoisotopic (exact) mass is 277 g/mol. The lowest BCUT2D eigenvalue weighted by molar-refractivity contribution is 0.518. The molecule has 1 aromatic rings. The van der Waals surface area contributed by atoms with Gasteiger partial charge < -0.3 is 10.6 Å². The summed E-state index contributed by atoms with van der Waals surface area (Å²) in [5.74, 6) is 2.22. The standard InChI is InChI=1S/C17H31N3/c1-6-14(7-2)12-19-17-10-15(11-18-8-3)9-16(20-17)13(4)5/h9-10,13-14,18H,6-8,11-12H2,1-5H3,(H,19,20). The van der Waals surface area contributed by atoms with Crippen LogP contribution in [0.15, 0.2) is 12.1 Å². The number of pyridine rings is 1. The fourth-order valence-corrected chi connectivity index (χ4v) is 2.19. The van der Waals surface area contributed by atoms with E-state index in [0.717, 1.165) is 31.4 Å². The van der Waals surface area contributed by atoms with Gasteiger partial charge in [0.25, 0.3) is 0 Å². The first-order chi connectivity index (χ1) is 9.60. The van der Waals surface area contributed by atoms with E-state index in [9.17, 15) is 0 Å². The number of aromatic nitrogens is 1. The van der Waals surface area contributed by atoms with Crippen molar-refractivity contribution in [2.24, 2.45) is 5.92 Å². The number of anilines is 1. The molecule has 0 bridgehead atoms. The first kappa shape index (κ1) is 17.0. The van der Waals surface area contributed by atoms with Gasteiger partial charge in [-0.15, -0.1) is 0 Å². The average Bonchev–Trinajstić information content (AvgIpc) is 2.46. The molecule has 0 aliphatic carbocycles. The van der Waals surface area contributed by atoms with Crippen LogP contribution in [0.25, 0.3) is 0 Å². The third-order valence-electron chi connectivity index (χ3n) is 3.80. The van der Waals surface area contributed by atoms with Crippen molar-refractivity contribution in [3.8, 4) is 0 Å². The summed E-state index contributed by atoms with van der Waals surface area (Å²) in [6, 6.07) is 4.40. The van der Waals surface area contributed by atoms with Gasteiger partial charge in [-0.1, -0.05) is 47.5 Å². The topological polar surface area (TPSA) is 37.0 Å². The quantitative estimate of drug-likeness (QED) is 0.711. The van der Waals surface area contributed by atoms with Gasteiger partial charge in [0.05, 0.1) is 0 Å². The summed E-state index contributed by atoms with van der Waals surface area (Å²) < 4.78 is 0. The van der Waals surface area contributed by atoms with Crippen LogP contribution in [0.2, 0.25) is 0 Å². The highest BCUT2D eigenvalue weighted by Crippen LogP contribution is 2.18. The Morgan fingerprint density at radius 1 is 1.10 bits per heavy atom. The molecule has 0 saturated heterocycles. The molecule has 1 rings (SSSR count). The Bertz CT molecular complexity index is 384. The van der Waals surface area contributed by atoms with Gasteiger partial charge in [-0.3, -0.25) is 0 Å². The van der Waals surface area contributed by atoms with Crippen LogP contribution in [-0.4, -0.2) is 18.1 Å². The Balaban J connectivity index is 2.79. The summed E-state index contributed by atoms with van der Waals surface area (Å²) in [6.45, 7) is 14.0. The minimum Gasteiger partial charge on any atom is -0.370 e. The van der Waals surface area contributed by atoms with E-state index in [1.165, 1.54) is 24.1 Å². The van der Waals surface area contributed by atoms with Gasteiger partial charge in [0.15, 0.2) is 0 Å². The smallest absolute Gasteiger partial charge is 0.126 e. The molecular formula is C17H31N3. The molecule has 0 fully saturated rings.